The maximum atomic E-state index is 12.3. The van der Waals surface area contributed by atoms with Crippen molar-refractivity contribution in [3.63, 3.8) is 0 Å². The number of aromatic carboxylic acids is 1. The predicted octanol–water partition coefficient (Wildman–Crippen LogP) is 0.349. The van der Waals surface area contributed by atoms with Gasteiger partial charge in [0, 0.05) is 31.9 Å². The van der Waals surface area contributed by atoms with Gasteiger partial charge < -0.3 is 19.5 Å². The number of carboxylic acid groups (broad SMARTS) is 1. The molecule has 104 valence electrons. The van der Waals surface area contributed by atoms with E-state index in [1.165, 1.54) is 10.6 Å². The van der Waals surface area contributed by atoms with Crippen molar-refractivity contribution in [1.29, 1.82) is 0 Å². The van der Waals surface area contributed by atoms with Crippen LogP contribution in [-0.4, -0.2) is 64.1 Å². The van der Waals surface area contributed by atoms with Crippen LogP contribution in [-0.2, 0) is 11.3 Å². The van der Waals surface area contributed by atoms with Crippen LogP contribution in [0.25, 0.3) is 0 Å². The largest absolute Gasteiger partial charge is 0.477 e. The number of piperazine rings is 1. The van der Waals surface area contributed by atoms with E-state index >= 15 is 0 Å². The van der Waals surface area contributed by atoms with E-state index in [4.69, 9.17) is 5.11 Å². The van der Waals surface area contributed by atoms with Crippen LogP contribution in [0.2, 0.25) is 0 Å². The van der Waals surface area contributed by atoms with E-state index < -0.39 is 5.97 Å². The summed E-state index contributed by atoms with van der Waals surface area (Å²) in [7, 11) is 2.03. The number of likely N-dealkylation sites (N-methyl/N-ethyl adjacent to an activating group) is 1. The second-order valence-electron chi connectivity index (χ2n) is 5.02. The van der Waals surface area contributed by atoms with Gasteiger partial charge in [-0.1, -0.05) is 0 Å². The molecule has 1 atom stereocenters. The van der Waals surface area contributed by atoms with Crippen molar-refractivity contribution < 1.29 is 14.7 Å². The minimum Gasteiger partial charge on any atom is -0.477 e. The lowest BCUT2D eigenvalue weighted by molar-refractivity contribution is -0.136. The lowest BCUT2D eigenvalue weighted by atomic mass is 10.2. The number of carboxylic acids is 1. The molecule has 1 aliphatic rings. The first-order chi connectivity index (χ1) is 8.99. The van der Waals surface area contributed by atoms with Gasteiger partial charge in [0.05, 0.1) is 0 Å². The molecule has 1 fully saturated rings. The number of amides is 1. The summed E-state index contributed by atoms with van der Waals surface area (Å²) >= 11 is 0. The zero-order valence-corrected chi connectivity index (χ0v) is 11.2. The molecule has 1 aromatic heterocycles. The fourth-order valence-electron chi connectivity index (χ4n) is 2.49. The Morgan fingerprint density at radius 2 is 2.16 bits per heavy atom. The molecule has 6 heteroatoms. The van der Waals surface area contributed by atoms with E-state index in [0.717, 1.165) is 13.1 Å². The summed E-state index contributed by atoms with van der Waals surface area (Å²) in [5, 5.41) is 9.01. The van der Waals surface area contributed by atoms with Gasteiger partial charge >= 0.3 is 5.97 Å². The van der Waals surface area contributed by atoms with Crippen LogP contribution >= 0.6 is 0 Å². The molecule has 6 nitrogen and oxygen atoms in total. The Bertz CT molecular complexity index is 483. The molecule has 0 radical (unpaired) electrons. The standard InChI is InChI=1S/C13H19N3O3/c1-10-8-14(2)6-7-16(10)12(17)9-15-5-3-4-11(15)13(18)19/h3-5,10H,6-9H2,1-2H3,(H,18,19). The third-order valence-corrected chi connectivity index (χ3v) is 3.51. The lowest BCUT2D eigenvalue weighted by Gasteiger charge is -2.38. The maximum absolute atomic E-state index is 12.3. The highest BCUT2D eigenvalue weighted by atomic mass is 16.4. The van der Waals surface area contributed by atoms with Gasteiger partial charge in [0.25, 0.3) is 0 Å². The molecular weight excluding hydrogens is 246 g/mol. The quantitative estimate of drug-likeness (QED) is 0.856. The molecule has 0 aromatic carbocycles. The molecular formula is C13H19N3O3. The number of carbonyl (C=O) groups is 2. The highest BCUT2D eigenvalue weighted by molar-refractivity contribution is 5.87. The number of aromatic nitrogens is 1. The van der Waals surface area contributed by atoms with Crippen molar-refractivity contribution in [2.24, 2.45) is 0 Å². The number of hydrogen-bond donors (Lipinski definition) is 1. The SMILES string of the molecule is CC1CN(C)CCN1C(=O)Cn1cccc1C(=O)O. The van der Waals surface area contributed by atoms with Gasteiger partial charge in [-0.15, -0.1) is 0 Å². The van der Waals surface area contributed by atoms with Crippen molar-refractivity contribution in [3.05, 3.63) is 24.0 Å². The van der Waals surface area contributed by atoms with Crippen molar-refractivity contribution in [2.45, 2.75) is 19.5 Å². The molecule has 0 aliphatic carbocycles. The molecule has 1 aliphatic heterocycles. The zero-order chi connectivity index (χ0) is 14.0. The van der Waals surface area contributed by atoms with Gasteiger partial charge in [-0.25, -0.2) is 4.79 Å². The third-order valence-electron chi connectivity index (χ3n) is 3.51. The maximum Gasteiger partial charge on any atom is 0.352 e. The van der Waals surface area contributed by atoms with E-state index in [2.05, 4.69) is 4.90 Å². The summed E-state index contributed by atoms with van der Waals surface area (Å²) in [6, 6.07) is 3.31. The van der Waals surface area contributed by atoms with Crippen molar-refractivity contribution in [1.82, 2.24) is 14.4 Å². The second kappa shape index (κ2) is 5.44. The molecule has 19 heavy (non-hydrogen) atoms. The Hall–Kier alpha value is -1.82. The first kappa shape index (κ1) is 13.6. The van der Waals surface area contributed by atoms with Crippen molar-refractivity contribution in [3.8, 4) is 0 Å². The number of nitrogens with zero attached hydrogens (tertiary/aromatic N) is 3. The van der Waals surface area contributed by atoms with Crippen LogP contribution in [0.15, 0.2) is 18.3 Å². The highest BCUT2D eigenvalue weighted by Crippen LogP contribution is 2.10. The normalized spacial score (nSPS) is 20.5. The highest BCUT2D eigenvalue weighted by Gasteiger charge is 2.26. The fraction of sp³-hybridized carbons (Fsp3) is 0.538. The molecule has 0 saturated carbocycles. The van der Waals surface area contributed by atoms with Crippen LogP contribution in [0, 0.1) is 0 Å². The van der Waals surface area contributed by atoms with Crippen molar-refractivity contribution >= 4 is 11.9 Å². The summed E-state index contributed by atoms with van der Waals surface area (Å²) in [5.74, 6) is -1.04. The Morgan fingerprint density at radius 1 is 1.42 bits per heavy atom. The molecule has 1 saturated heterocycles. The first-order valence-corrected chi connectivity index (χ1v) is 6.35. The Balaban J connectivity index is 2.05. The molecule has 0 bridgehead atoms. The average molecular weight is 265 g/mol. The summed E-state index contributed by atoms with van der Waals surface area (Å²) < 4.78 is 1.48. The molecule has 2 rings (SSSR count). The second-order valence-corrected chi connectivity index (χ2v) is 5.02. The summed E-state index contributed by atoms with van der Waals surface area (Å²) in [6.45, 7) is 4.50. The van der Waals surface area contributed by atoms with Crippen LogP contribution in [0.5, 0.6) is 0 Å². The van der Waals surface area contributed by atoms with Gasteiger partial charge in [-0.05, 0) is 26.1 Å². The van der Waals surface area contributed by atoms with Gasteiger partial charge in [-0.3, -0.25) is 4.79 Å². The van der Waals surface area contributed by atoms with E-state index in [0.29, 0.717) is 6.54 Å². The van der Waals surface area contributed by atoms with Gasteiger partial charge in [0.1, 0.15) is 12.2 Å². The fourth-order valence-corrected chi connectivity index (χ4v) is 2.49. The monoisotopic (exact) mass is 265 g/mol. The number of rotatable bonds is 3. The molecule has 1 N–H and O–H groups in total. The van der Waals surface area contributed by atoms with Crippen LogP contribution in [0.1, 0.15) is 17.4 Å². The number of carbonyl (C=O) groups excluding carboxylic acids is 1. The molecule has 0 spiro atoms. The first-order valence-electron chi connectivity index (χ1n) is 6.35. The van der Waals surface area contributed by atoms with E-state index in [1.807, 2.05) is 18.9 Å². The molecule has 2 heterocycles. The van der Waals surface area contributed by atoms with E-state index in [1.54, 1.807) is 12.3 Å². The zero-order valence-electron chi connectivity index (χ0n) is 11.2. The number of hydrogen-bond acceptors (Lipinski definition) is 3. The van der Waals surface area contributed by atoms with E-state index in [-0.39, 0.29) is 24.2 Å². The summed E-state index contributed by atoms with van der Waals surface area (Å²) in [6.07, 6.45) is 1.63. The topological polar surface area (TPSA) is 65.8 Å². The van der Waals surface area contributed by atoms with Crippen LogP contribution in [0.3, 0.4) is 0 Å². The van der Waals surface area contributed by atoms with Gasteiger partial charge in [-0.2, -0.15) is 0 Å². The van der Waals surface area contributed by atoms with Crippen LogP contribution < -0.4 is 0 Å². The summed E-state index contributed by atoms with van der Waals surface area (Å²) in [5.41, 5.74) is 0.148. The molecule has 1 amide bonds. The smallest absolute Gasteiger partial charge is 0.352 e. The van der Waals surface area contributed by atoms with Crippen LogP contribution in [0.4, 0.5) is 0 Å². The third kappa shape index (κ3) is 2.96. The average Bonchev–Trinajstić information content (AvgIpc) is 2.76. The Morgan fingerprint density at radius 3 is 2.79 bits per heavy atom. The minimum absolute atomic E-state index is 0.0284. The Labute approximate surface area is 112 Å². The molecule has 1 aromatic rings. The minimum atomic E-state index is -1.01. The van der Waals surface area contributed by atoms with Gasteiger partial charge in [0.2, 0.25) is 5.91 Å². The Kier molecular flexibility index (Phi) is 3.90. The van der Waals surface area contributed by atoms with E-state index in [9.17, 15) is 9.59 Å². The molecule has 1 unspecified atom stereocenters. The predicted molar refractivity (Wildman–Crippen MR) is 70.1 cm³/mol. The summed E-state index contributed by atoms with van der Waals surface area (Å²) in [4.78, 5) is 27.3. The van der Waals surface area contributed by atoms with Gasteiger partial charge in [0.15, 0.2) is 0 Å². The lowest BCUT2D eigenvalue weighted by Crippen LogP contribution is -2.53. The van der Waals surface area contributed by atoms with Crippen molar-refractivity contribution in [2.75, 3.05) is 26.7 Å².